The molecule has 1 N–H and O–H groups in total. The summed E-state index contributed by atoms with van der Waals surface area (Å²) in [5.41, 5.74) is 5.74. The monoisotopic (exact) mass is 509 g/mol. The van der Waals surface area contributed by atoms with Crippen LogP contribution in [0.5, 0.6) is 5.75 Å². The Morgan fingerprint density at radius 3 is 2.36 bits per heavy atom. The van der Waals surface area contributed by atoms with Crippen molar-refractivity contribution in [3.05, 3.63) is 58.7 Å². The molecule has 0 saturated carbocycles. The molecule has 0 aliphatic carbocycles. The number of hydrogen-bond acceptors (Lipinski definition) is 4. The van der Waals surface area contributed by atoms with Crippen LogP contribution in [0.2, 0.25) is 0 Å². The molecule has 1 saturated heterocycles. The van der Waals surface area contributed by atoms with Crippen LogP contribution in [-0.4, -0.2) is 27.7 Å². The molecule has 2 heterocycles. The van der Waals surface area contributed by atoms with Crippen molar-refractivity contribution in [3.63, 3.8) is 0 Å². The van der Waals surface area contributed by atoms with Gasteiger partial charge in [-0.1, -0.05) is 76.6 Å². The first kappa shape index (κ1) is 27.5. The van der Waals surface area contributed by atoms with Crippen molar-refractivity contribution in [3.8, 4) is 5.75 Å². The fourth-order valence-electron chi connectivity index (χ4n) is 6.20. The minimum atomic E-state index is -0.0908. The molecular weight excluding hydrogens is 462 g/mol. The third-order valence-electron chi connectivity index (χ3n) is 8.37. The Balaban J connectivity index is 1.43. The van der Waals surface area contributed by atoms with Crippen LogP contribution in [0.3, 0.4) is 0 Å². The summed E-state index contributed by atoms with van der Waals surface area (Å²) >= 11 is 1.96. The van der Waals surface area contributed by atoms with E-state index in [2.05, 4.69) is 69.0 Å². The second-order valence-corrected chi connectivity index (χ2v) is 12.2. The molecule has 0 aromatic heterocycles. The van der Waals surface area contributed by atoms with Crippen LogP contribution in [0.15, 0.2) is 41.3 Å². The highest BCUT2D eigenvalue weighted by Crippen LogP contribution is 2.53. The Hall–Kier alpha value is -1.49. The molecule has 0 amide bonds. The van der Waals surface area contributed by atoms with E-state index in [0.717, 1.165) is 57.1 Å². The van der Waals surface area contributed by atoms with Crippen molar-refractivity contribution in [2.75, 3.05) is 6.73 Å². The van der Waals surface area contributed by atoms with Gasteiger partial charge >= 0.3 is 0 Å². The lowest BCUT2D eigenvalue weighted by Gasteiger charge is -2.28. The molecule has 0 radical (unpaired) electrons. The molecule has 2 aliphatic rings. The lowest BCUT2D eigenvalue weighted by atomic mass is 9.96. The van der Waals surface area contributed by atoms with Gasteiger partial charge in [0.15, 0.2) is 4.93 Å². The van der Waals surface area contributed by atoms with Crippen molar-refractivity contribution in [2.45, 2.75) is 127 Å². The molecule has 2 aromatic rings. The summed E-state index contributed by atoms with van der Waals surface area (Å²) in [5.74, 6) is 1.06. The number of aliphatic hydroxyl groups is 1. The van der Waals surface area contributed by atoms with Crippen LogP contribution in [0, 0.1) is 0 Å². The molecule has 2 aliphatic heterocycles. The van der Waals surface area contributed by atoms with Gasteiger partial charge in [0.1, 0.15) is 5.75 Å². The zero-order valence-corrected chi connectivity index (χ0v) is 23.8. The SMILES string of the molecule is CCCCC1(CCCC)Oc2ccc(C3CCC(CCc4ccc(CC)c(CC)c4)N3CO)cc2S1. The van der Waals surface area contributed by atoms with E-state index < -0.39 is 0 Å². The number of hydrogen-bond donors (Lipinski definition) is 1. The van der Waals surface area contributed by atoms with Gasteiger partial charge in [0.25, 0.3) is 0 Å². The van der Waals surface area contributed by atoms with E-state index in [-0.39, 0.29) is 11.7 Å². The van der Waals surface area contributed by atoms with Gasteiger partial charge in [0.05, 0.1) is 11.6 Å². The first-order valence-corrected chi connectivity index (χ1v) is 15.4. The van der Waals surface area contributed by atoms with Crippen molar-refractivity contribution in [2.24, 2.45) is 0 Å². The van der Waals surface area contributed by atoms with E-state index in [1.807, 2.05) is 11.8 Å². The van der Waals surface area contributed by atoms with Gasteiger partial charge in [-0.25, -0.2) is 0 Å². The Kier molecular flexibility index (Phi) is 9.83. The van der Waals surface area contributed by atoms with Crippen LogP contribution in [0.25, 0.3) is 0 Å². The number of rotatable bonds is 13. The molecule has 1 fully saturated rings. The number of nitrogens with zero attached hydrogens (tertiary/aromatic N) is 1. The number of aliphatic hydroxyl groups excluding tert-OH is 1. The van der Waals surface area contributed by atoms with E-state index in [4.69, 9.17) is 4.74 Å². The quantitative estimate of drug-likeness (QED) is 0.293. The summed E-state index contributed by atoms with van der Waals surface area (Å²) in [4.78, 5) is 3.54. The Morgan fingerprint density at radius 2 is 1.69 bits per heavy atom. The molecule has 198 valence electrons. The summed E-state index contributed by atoms with van der Waals surface area (Å²) in [6.07, 6.45) is 13.7. The average Bonchev–Trinajstić information content (AvgIpc) is 3.49. The first-order valence-electron chi connectivity index (χ1n) is 14.6. The predicted molar refractivity (Wildman–Crippen MR) is 153 cm³/mol. The summed E-state index contributed by atoms with van der Waals surface area (Å²) in [6.45, 7) is 9.15. The van der Waals surface area contributed by atoms with Gasteiger partial charge in [-0.15, -0.1) is 0 Å². The highest BCUT2D eigenvalue weighted by atomic mass is 32.2. The molecule has 2 aromatic carbocycles. The summed E-state index contributed by atoms with van der Waals surface area (Å²) in [5, 5.41) is 10.4. The van der Waals surface area contributed by atoms with Gasteiger partial charge in [-0.2, -0.15) is 0 Å². The number of ether oxygens (including phenoxy) is 1. The van der Waals surface area contributed by atoms with Crippen LogP contribution in [-0.2, 0) is 19.3 Å². The maximum Gasteiger partial charge on any atom is 0.159 e. The Bertz CT molecular complexity index is 982. The third-order valence-corrected chi connectivity index (χ3v) is 9.77. The van der Waals surface area contributed by atoms with Gasteiger partial charge in [0.2, 0.25) is 0 Å². The fourth-order valence-corrected chi connectivity index (χ4v) is 7.63. The molecule has 2 atom stereocenters. The number of unbranched alkanes of at least 4 members (excludes halogenated alkanes) is 2. The standard InChI is InChI=1S/C32H47NO2S/c1-5-9-19-32(20-10-6-2)35-30-18-14-27(22-31(30)36-32)29-17-16-28(33(29)23-34)15-12-24-11-13-25(7-3)26(8-4)21-24/h11,13-14,18,21-22,28-29,34H,5-10,12,15-17,19-20,23H2,1-4H3. The van der Waals surface area contributed by atoms with E-state index in [0.29, 0.717) is 12.1 Å². The lowest BCUT2D eigenvalue weighted by molar-refractivity contribution is 0.0595. The summed E-state index contributed by atoms with van der Waals surface area (Å²) < 4.78 is 6.61. The number of fused-ring (bicyclic) bond motifs is 1. The molecule has 4 heteroatoms. The molecular formula is C32H47NO2S. The van der Waals surface area contributed by atoms with Crippen molar-refractivity contribution in [1.29, 1.82) is 0 Å². The minimum absolute atomic E-state index is 0.0908. The molecule has 36 heavy (non-hydrogen) atoms. The van der Waals surface area contributed by atoms with Crippen molar-refractivity contribution in [1.82, 2.24) is 4.90 Å². The minimum Gasteiger partial charge on any atom is -0.475 e. The van der Waals surface area contributed by atoms with Crippen LogP contribution in [0.4, 0.5) is 0 Å². The highest BCUT2D eigenvalue weighted by molar-refractivity contribution is 8.00. The average molecular weight is 510 g/mol. The molecule has 3 nitrogen and oxygen atoms in total. The maximum atomic E-state index is 10.4. The lowest BCUT2D eigenvalue weighted by Crippen LogP contribution is -2.32. The summed E-state index contributed by atoms with van der Waals surface area (Å²) in [7, 11) is 0. The molecule has 0 bridgehead atoms. The van der Waals surface area contributed by atoms with E-state index in [1.54, 1.807) is 0 Å². The van der Waals surface area contributed by atoms with Crippen LogP contribution >= 0.6 is 11.8 Å². The van der Waals surface area contributed by atoms with Crippen LogP contribution in [0.1, 0.15) is 114 Å². The Morgan fingerprint density at radius 1 is 0.944 bits per heavy atom. The highest BCUT2D eigenvalue weighted by Gasteiger charge is 2.40. The van der Waals surface area contributed by atoms with E-state index in [1.165, 1.54) is 52.8 Å². The second-order valence-electron chi connectivity index (χ2n) is 10.8. The molecule has 0 spiro atoms. The predicted octanol–water partition coefficient (Wildman–Crippen LogP) is 8.46. The van der Waals surface area contributed by atoms with Gasteiger partial charge in [-0.3, -0.25) is 4.90 Å². The zero-order chi connectivity index (χ0) is 25.5. The molecule has 2 unspecified atom stereocenters. The van der Waals surface area contributed by atoms with Crippen LogP contribution < -0.4 is 4.74 Å². The van der Waals surface area contributed by atoms with Gasteiger partial charge in [0, 0.05) is 12.1 Å². The van der Waals surface area contributed by atoms with E-state index in [9.17, 15) is 5.11 Å². The fraction of sp³-hybridized carbons (Fsp3) is 0.625. The van der Waals surface area contributed by atoms with Gasteiger partial charge < -0.3 is 9.84 Å². The number of aryl methyl sites for hydroxylation is 3. The largest absolute Gasteiger partial charge is 0.475 e. The maximum absolute atomic E-state index is 10.4. The third kappa shape index (κ3) is 6.14. The topological polar surface area (TPSA) is 32.7 Å². The zero-order valence-electron chi connectivity index (χ0n) is 23.0. The van der Waals surface area contributed by atoms with Crippen molar-refractivity contribution >= 4 is 11.8 Å². The normalized spacial score (nSPS) is 21.0. The number of benzene rings is 2. The molecule has 4 rings (SSSR count). The summed E-state index contributed by atoms with van der Waals surface area (Å²) in [6, 6.07) is 14.6. The number of thioether (sulfide) groups is 1. The number of likely N-dealkylation sites (tertiary alicyclic amines) is 1. The van der Waals surface area contributed by atoms with Gasteiger partial charge in [-0.05, 0) is 98.6 Å². The Labute approximate surface area is 224 Å². The smallest absolute Gasteiger partial charge is 0.159 e. The first-order chi connectivity index (χ1) is 17.6. The second kappa shape index (κ2) is 12.8. The van der Waals surface area contributed by atoms with Crippen molar-refractivity contribution < 1.29 is 9.84 Å². The van der Waals surface area contributed by atoms with E-state index >= 15 is 0 Å².